The molecule has 0 unspecified atom stereocenters. The Morgan fingerprint density at radius 1 is 1.00 bits per heavy atom. The second-order valence-corrected chi connectivity index (χ2v) is 6.22. The summed E-state index contributed by atoms with van der Waals surface area (Å²) in [6.07, 6.45) is 4.96. The van der Waals surface area contributed by atoms with Crippen LogP contribution < -0.4 is 10.9 Å². The van der Waals surface area contributed by atoms with Crippen LogP contribution in [0.4, 0.5) is 16.0 Å². The van der Waals surface area contributed by atoms with Gasteiger partial charge in [0.2, 0.25) is 5.95 Å². The molecule has 0 amide bonds. The third-order valence-corrected chi connectivity index (χ3v) is 4.47. The highest BCUT2D eigenvalue weighted by Crippen LogP contribution is 2.29. The lowest BCUT2D eigenvalue weighted by atomic mass is 10.0. The number of aromatic nitrogens is 5. The first-order valence-electron chi connectivity index (χ1n) is 8.57. The molecule has 0 aliphatic carbocycles. The summed E-state index contributed by atoms with van der Waals surface area (Å²) >= 11 is 0. The zero-order valence-corrected chi connectivity index (χ0v) is 15.3. The number of pyridine rings is 1. The molecule has 0 radical (unpaired) electrons. The zero-order chi connectivity index (χ0) is 19.7. The van der Waals surface area contributed by atoms with E-state index in [-0.39, 0.29) is 11.4 Å². The number of halogens is 1. The summed E-state index contributed by atoms with van der Waals surface area (Å²) in [5.41, 5.74) is 2.83. The van der Waals surface area contributed by atoms with E-state index in [2.05, 4.69) is 20.3 Å². The molecule has 0 aliphatic heterocycles. The molecule has 140 valence electrons. The molecule has 0 spiro atoms. The second-order valence-electron chi connectivity index (χ2n) is 6.22. The molecule has 1 aromatic carbocycles. The largest absolute Gasteiger partial charge is 0.323 e. The van der Waals surface area contributed by atoms with Gasteiger partial charge in [-0.05, 0) is 35.9 Å². The maximum Gasteiger partial charge on any atom is 0.274 e. The fraction of sp³-hybridized carbons (Fsp3) is 0.100. The Labute approximate surface area is 160 Å². The molecular formula is C20H17FN6O. The molecule has 0 fully saturated rings. The van der Waals surface area contributed by atoms with Crippen molar-refractivity contribution in [3.05, 3.63) is 77.2 Å². The van der Waals surface area contributed by atoms with Crippen LogP contribution in [0.15, 0.2) is 65.8 Å². The van der Waals surface area contributed by atoms with Crippen LogP contribution >= 0.6 is 0 Å². The lowest BCUT2D eigenvalue weighted by molar-refractivity contribution is 0.583. The van der Waals surface area contributed by atoms with Crippen LogP contribution in [-0.4, -0.2) is 24.3 Å². The highest BCUT2D eigenvalue weighted by molar-refractivity contribution is 5.79. The first kappa shape index (κ1) is 17.6. The van der Waals surface area contributed by atoms with Gasteiger partial charge in [0.1, 0.15) is 5.82 Å². The summed E-state index contributed by atoms with van der Waals surface area (Å²) in [5.74, 6) is 0.0231. The zero-order valence-electron chi connectivity index (χ0n) is 15.3. The first-order valence-corrected chi connectivity index (χ1v) is 8.57. The number of hydrogen-bond donors (Lipinski definition) is 1. The molecule has 7 nitrogen and oxygen atoms in total. The minimum atomic E-state index is -0.358. The average Bonchev–Trinajstić information content (AvgIpc) is 2.94. The van der Waals surface area contributed by atoms with E-state index < -0.39 is 0 Å². The van der Waals surface area contributed by atoms with Crippen molar-refractivity contribution in [2.75, 3.05) is 5.32 Å². The Hall–Kier alpha value is -3.81. The molecule has 28 heavy (non-hydrogen) atoms. The molecule has 4 rings (SSSR count). The van der Waals surface area contributed by atoms with Crippen molar-refractivity contribution in [3.8, 4) is 22.5 Å². The fourth-order valence-electron chi connectivity index (χ4n) is 3.00. The minimum absolute atomic E-state index is 0.190. The average molecular weight is 376 g/mol. The first-order chi connectivity index (χ1) is 13.5. The predicted molar refractivity (Wildman–Crippen MR) is 105 cm³/mol. The van der Waals surface area contributed by atoms with Gasteiger partial charge >= 0.3 is 0 Å². The Morgan fingerprint density at radius 3 is 2.50 bits per heavy atom. The van der Waals surface area contributed by atoms with Gasteiger partial charge in [0.15, 0.2) is 0 Å². The van der Waals surface area contributed by atoms with Gasteiger partial charge in [0.25, 0.3) is 5.56 Å². The van der Waals surface area contributed by atoms with E-state index in [1.165, 1.54) is 16.8 Å². The number of anilines is 2. The van der Waals surface area contributed by atoms with Gasteiger partial charge in [-0.15, -0.1) is 0 Å². The normalized spacial score (nSPS) is 10.8. The summed E-state index contributed by atoms with van der Waals surface area (Å²) in [5, 5.41) is 3.09. The Bertz CT molecular complexity index is 1180. The number of rotatable bonds is 4. The third-order valence-electron chi connectivity index (χ3n) is 4.47. The van der Waals surface area contributed by atoms with Crippen molar-refractivity contribution in [3.63, 3.8) is 0 Å². The maximum atomic E-state index is 13.3. The topological polar surface area (TPSA) is 77.6 Å². The van der Waals surface area contributed by atoms with Crippen molar-refractivity contribution in [2.45, 2.75) is 0 Å². The lowest BCUT2D eigenvalue weighted by Gasteiger charge is -2.09. The van der Waals surface area contributed by atoms with E-state index in [0.717, 1.165) is 5.69 Å². The van der Waals surface area contributed by atoms with Crippen molar-refractivity contribution in [1.82, 2.24) is 24.3 Å². The number of benzene rings is 1. The predicted octanol–water partition coefficient (Wildman–Crippen LogP) is 3.13. The van der Waals surface area contributed by atoms with E-state index in [1.54, 1.807) is 61.6 Å². The number of nitrogens with zero attached hydrogens (tertiary/aromatic N) is 5. The second kappa shape index (κ2) is 7.07. The van der Waals surface area contributed by atoms with Gasteiger partial charge in [-0.3, -0.25) is 19.1 Å². The molecule has 0 saturated heterocycles. The summed E-state index contributed by atoms with van der Waals surface area (Å²) in [7, 11) is 3.45. The molecule has 0 bridgehead atoms. The van der Waals surface area contributed by atoms with Crippen LogP contribution in [0.3, 0.4) is 0 Å². The van der Waals surface area contributed by atoms with Crippen molar-refractivity contribution < 1.29 is 4.39 Å². The summed E-state index contributed by atoms with van der Waals surface area (Å²) in [6, 6.07) is 11.2. The standard InChI is InChI=1S/C20H17FN6O/c1-26-18(17(19(28)27(26)2)13-5-7-14(21)8-6-13)16-9-11-23-20(25-16)24-15-4-3-10-22-12-15/h3-12H,1-2H3,(H,23,24,25). The van der Waals surface area contributed by atoms with E-state index >= 15 is 0 Å². The van der Waals surface area contributed by atoms with Gasteiger partial charge in [-0.25, -0.2) is 14.4 Å². The fourth-order valence-corrected chi connectivity index (χ4v) is 3.00. The summed E-state index contributed by atoms with van der Waals surface area (Å²) in [6.45, 7) is 0. The molecule has 0 aliphatic rings. The van der Waals surface area contributed by atoms with E-state index in [4.69, 9.17) is 0 Å². The quantitative estimate of drug-likeness (QED) is 0.592. The summed E-state index contributed by atoms with van der Waals surface area (Å²) in [4.78, 5) is 25.7. The van der Waals surface area contributed by atoms with E-state index in [9.17, 15) is 9.18 Å². The number of hydrogen-bond acceptors (Lipinski definition) is 5. The van der Waals surface area contributed by atoms with Crippen LogP contribution in [-0.2, 0) is 14.1 Å². The Kier molecular flexibility index (Phi) is 4.44. The van der Waals surface area contributed by atoms with Gasteiger partial charge < -0.3 is 5.32 Å². The van der Waals surface area contributed by atoms with Crippen LogP contribution in [0.2, 0.25) is 0 Å². The number of nitrogens with one attached hydrogen (secondary N) is 1. The SMILES string of the molecule is Cn1c(-c2ccnc(Nc3cccnc3)n2)c(-c2ccc(F)cc2)c(=O)n1C. The summed E-state index contributed by atoms with van der Waals surface area (Å²) < 4.78 is 16.6. The van der Waals surface area contributed by atoms with Crippen molar-refractivity contribution >= 4 is 11.6 Å². The molecule has 0 atom stereocenters. The van der Waals surface area contributed by atoms with Crippen molar-refractivity contribution in [2.24, 2.45) is 14.1 Å². The highest BCUT2D eigenvalue weighted by atomic mass is 19.1. The Balaban J connectivity index is 1.83. The van der Waals surface area contributed by atoms with Crippen LogP contribution in [0, 0.1) is 5.82 Å². The monoisotopic (exact) mass is 376 g/mol. The molecule has 3 aromatic heterocycles. The molecule has 4 aromatic rings. The molecule has 0 saturated carbocycles. The smallest absolute Gasteiger partial charge is 0.274 e. The van der Waals surface area contributed by atoms with E-state index in [0.29, 0.717) is 28.5 Å². The minimum Gasteiger partial charge on any atom is -0.323 e. The van der Waals surface area contributed by atoms with Crippen LogP contribution in [0.5, 0.6) is 0 Å². The van der Waals surface area contributed by atoms with Crippen molar-refractivity contribution in [1.29, 1.82) is 0 Å². The van der Waals surface area contributed by atoms with Gasteiger partial charge in [-0.2, -0.15) is 0 Å². The Morgan fingerprint density at radius 2 is 1.79 bits per heavy atom. The van der Waals surface area contributed by atoms with E-state index in [1.807, 2.05) is 6.07 Å². The van der Waals surface area contributed by atoms with Crippen LogP contribution in [0.1, 0.15) is 0 Å². The molecule has 8 heteroatoms. The van der Waals surface area contributed by atoms with Gasteiger partial charge in [0, 0.05) is 26.5 Å². The van der Waals surface area contributed by atoms with Crippen LogP contribution in [0.25, 0.3) is 22.5 Å². The van der Waals surface area contributed by atoms with Gasteiger partial charge in [0.05, 0.1) is 28.8 Å². The highest BCUT2D eigenvalue weighted by Gasteiger charge is 2.20. The van der Waals surface area contributed by atoms with Gasteiger partial charge in [-0.1, -0.05) is 12.1 Å². The molecule has 1 N–H and O–H groups in total. The molecule has 3 heterocycles. The lowest BCUT2D eigenvalue weighted by Crippen LogP contribution is -2.17. The molecular weight excluding hydrogens is 359 g/mol. The third kappa shape index (κ3) is 3.16. The maximum absolute atomic E-state index is 13.3.